The van der Waals surface area contributed by atoms with Crippen LogP contribution < -0.4 is 5.32 Å². The number of rotatable bonds is 55. The van der Waals surface area contributed by atoms with Crippen molar-refractivity contribution in [3.63, 3.8) is 0 Å². The summed E-state index contributed by atoms with van der Waals surface area (Å²) in [5, 5.41) is 23.1. The van der Waals surface area contributed by atoms with Crippen LogP contribution in [0.2, 0.25) is 0 Å². The van der Waals surface area contributed by atoms with E-state index in [9.17, 15) is 15.0 Å². The lowest BCUT2D eigenvalue weighted by Crippen LogP contribution is -2.45. The highest BCUT2D eigenvalue weighted by Gasteiger charge is 2.17. The van der Waals surface area contributed by atoms with E-state index >= 15 is 0 Å². The Morgan fingerprint density at radius 2 is 0.600 bits per heavy atom. The number of allylic oxidation sites excluding steroid dienone is 25. The summed E-state index contributed by atoms with van der Waals surface area (Å²) in [5.41, 5.74) is 0. The molecule has 0 aromatic carbocycles. The first-order chi connectivity index (χ1) is 37.2. The van der Waals surface area contributed by atoms with Gasteiger partial charge in [0.15, 0.2) is 0 Å². The largest absolute Gasteiger partial charge is 0.394 e. The van der Waals surface area contributed by atoms with E-state index in [-0.39, 0.29) is 12.5 Å². The number of amides is 1. The molecule has 4 heteroatoms. The molecule has 0 radical (unpaired) electrons. The van der Waals surface area contributed by atoms with Crippen molar-refractivity contribution in [3.05, 3.63) is 158 Å². The van der Waals surface area contributed by atoms with Gasteiger partial charge in [0, 0.05) is 6.42 Å². The van der Waals surface area contributed by atoms with Crippen LogP contribution >= 0.6 is 0 Å². The van der Waals surface area contributed by atoms with E-state index in [2.05, 4.69) is 165 Å². The molecule has 0 aliphatic rings. The van der Waals surface area contributed by atoms with E-state index < -0.39 is 12.1 Å². The molecule has 0 aliphatic heterocycles. The van der Waals surface area contributed by atoms with Gasteiger partial charge in [-0.2, -0.15) is 0 Å². The van der Waals surface area contributed by atoms with Crippen LogP contribution in [0.5, 0.6) is 0 Å². The van der Waals surface area contributed by atoms with Crippen molar-refractivity contribution in [2.24, 2.45) is 0 Å². The topological polar surface area (TPSA) is 69.6 Å². The third kappa shape index (κ3) is 60.7. The number of carbonyl (C=O) groups excluding carboxylic acids is 1. The van der Waals surface area contributed by atoms with E-state index in [4.69, 9.17) is 0 Å². The van der Waals surface area contributed by atoms with Crippen molar-refractivity contribution >= 4 is 5.91 Å². The van der Waals surface area contributed by atoms with E-state index in [0.29, 0.717) is 6.42 Å². The van der Waals surface area contributed by atoms with Gasteiger partial charge in [-0.15, -0.1) is 0 Å². The highest BCUT2D eigenvalue weighted by atomic mass is 16.3. The van der Waals surface area contributed by atoms with Crippen LogP contribution in [0, 0.1) is 0 Å². The van der Waals surface area contributed by atoms with Crippen LogP contribution in [0.4, 0.5) is 0 Å². The highest BCUT2D eigenvalue weighted by molar-refractivity contribution is 5.76. The zero-order valence-electron chi connectivity index (χ0n) is 48.8. The molecular formula is C71H117NO3. The quantitative estimate of drug-likeness (QED) is 0.0420. The predicted octanol–water partition coefficient (Wildman–Crippen LogP) is 21.3. The zero-order chi connectivity index (χ0) is 54.1. The SMILES string of the molecule is CC/C=C\C/C=C\C/C=C\C/C=C\C/C=C\C/C=C\C/C=C\C/C=C\C/C=C\C/C=C\CCCCC(=O)NC(CO)C(O)/C=C/CC/C=C/CC/C=C/CCCCCCCCCCCCCCCCCCCCCC. The number of aliphatic hydroxyl groups excluding tert-OH is 2. The first-order valence-corrected chi connectivity index (χ1v) is 31.2. The Morgan fingerprint density at radius 1 is 0.333 bits per heavy atom. The molecule has 3 N–H and O–H groups in total. The molecule has 0 rings (SSSR count). The second-order valence-corrected chi connectivity index (χ2v) is 20.4. The van der Waals surface area contributed by atoms with Gasteiger partial charge in [0.1, 0.15) is 0 Å². The Labute approximate surface area is 465 Å². The maximum absolute atomic E-state index is 12.5. The zero-order valence-corrected chi connectivity index (χ0v) is 48.8. The summed E-state index contributed by atoms with van der Waals surface area (Å²) < 4.78 is 0. The van der Waals surface area contributed by atoms with Gasteiger partial charge < -0.3 is 15.5 Å². The number of aliphatic hydroxyl groups is 2. The lowest BCUT2D eigenvalue weighted by atomic mass is 10.0. The number of carbonyl (C=O) groups is 1. The number of hydrogen-bond donors (Lipinski definition) is 3. The van der Waals surface area contributed by atoms with Gasteiger partial charge in [-0.3, -0.25) is 4.79 Å². The molecule has 0 saturated heterocycles. The molecular weight excluding hydrogens is 915 g/mol. The molecule has 0 aromatic heterocycles. The molecule has 0 fully saturated rings. The van der Waals surface area contributed by atoms with Gasteiger partial charge in [0.2, 0.25) is 5.91 Å². The first-order valence-electron chi connectivity index (χ1n) is 31.2. The van der Waals surface area contributed by atoms with Crippen molar-refractivity contribution in [1.82, 2.24) is 5.32 Å². The van der Waals surface area contributed by atoms with Gasteiger partial charge in [0.25, 0.3) is 0 Å². The van der Waals surface area contributed by atoms with Crippen LogP contribution in [-0.2, 0) is 4.79 Å². The summed E-state index contributed by atoms with van der Waals surface area (Å²) in [5.74, 6) is -0.125. The second kappa shape index (κ2) is 64.3. The maximum Gasteiger partial charge on any atom is 0.220 e. The molecule has 4 nitrogen and oxygen atoms in total. The van der Waals surface area contributed by atoms with Crippen molar-refractivity contribution in [2.45, 2.75) is 276 Å². The Balaban J connectivity index is 3.71. The fourth-order valence-electron chi connectivity index (χ4n) is 8.53. The Bertz CT molecular complexity index is 1590. The minimum absolute atomic E-state index is 0.125. The van der Waals surface area contributed by atoms with Gasteiger partial charge >= 0.3 is 0 Å². The molecule has 0 spiro atoms. The minimum Gasteiger partial charge on any atom is -0.394 e. The van der Waals surface area contributed by atoms with Crippen LogP contribution in [-0.4, -0.2) is 34.9 Å². The monoisotopic (exact) mass is 1030 g/mol. The molecule has 0 heterocycles. The van der Waals surface area contributed by atoms with Crippen LogP contribution in [0.1, 0.15) is 264 Å². The Morgan fingerprint density at radius 3 is 0.933 bits per heavy atom. The normalized spacial score (nSPS) is 13.9. The molecule has 0 saturated carbocycles. The smallest absolute Gasteiger partial charge is 0.220 e. The van der Waals surface area contributed by atoms with E-state index in [1.54, 1.807) is 6.08 Å². The summed E-state index contributed by atoms with van der Waals surface area (Å²) in [7, 11) is 0. The first kappa shape index (κ1) is 71.0. The minimum atomic E-state index is -0.903. The summed E-state index contributed by atoms with van der Waals surface area (Å²) in [6.45, 7) is 4.17. The van der Waals surface area contributed by atoms with Gasteiger partial charge in [-0.05, 0) is 122 Å². The third-order valence-corrected chi connectivity index (χ3v) is 13.2. The molecule has 2 atom stereocenters. The fraction of sp³-hybridized carbons (Fsp3) is 0.620. The molecule has 0 bridgehead atoms. The number of hydrogen-bond acceptors (Lipinski definition) is 3. The van der Waals surface area contributed by atoms with Crippen LogP contribution in [0.25, 0.3) is 0 Å². The Kier molecular flexibility index (Phi) is 60.9. The molecule has 75 heavy (non-hydrogen) atoms. The van der Waals surface area contributed by atoms with Crippen LogP contribution in [0.3, 0.4) is 0 Å². The highest BCUT2D eigenvalue weighted by Crippen LogP contribution is 2.16. The average molecular weight is 1030 g/mol. The van der Waals surface area contributed by atoms with Crippen molar-refractivity contribution in [2.75, 3.05) is 6.61 Å². The molecule has 2 unspecified atom stereocenters. The molecule has 1 amide bonds. The summed E-state index contributed by atoms with van der Waals surface area (Å²) >= 11 is 0. The third-order valence-electron chi connectivity index (χ3n) is 13.2. The number of nitrogens with one attached hydrogen (secondary N) is 1. The maximum atomic E-state index is 12.5. The van der Waals surface area contributed by atoms with Crippen molar-refractivity contribution in [3.8, 4) is 0 Å². The Hall–Kier alpha value is -3.99. The standard InChI is InChI=1S/C71H117NO3/c1-3-5-7-9-11-13-15-17-19-21-23-25-27-29-31-33-35-36-37-39-41-43-45-47-49-51-53-55-57-59-61-63-65-67-71(75)72-69(68-73)70(74)66-64-62-60-58-56-54-52-50-48-46-44-42-40-38-34-32-30-28-26-24-22-20-18-16-14-12-10-8-6-4-2/h5,7,11,13,17,19,23,25,29,31,35-36,39,41,45,47-48,50-51,53,56-59,64,66,69-70,73-74H,3-4,6,8-10,12,14-16,18,20-22,24,26-28,30,32-34,37-38,40,42-44,46,49,52,54-55,60-63,65,67-68H2,1-2H3,(H,72,75)/b7-5-,13-11-,19-17-,25-23-,31-29-,36-35-,41-39-,47-45-,50-48+,53-51-,58-56+,59-57-,66-64+. The van der Waals surface area contributed by atoms with Gasteiger partial charge in [-0.1, -0.05) is 294 Å². The average Bonchev–Trinajstić information content (AvgIpc) is 3.41. The van der Waals surface area contributed by atoms with Crippen molar-refractivity contribution < 1.29 is 15.0 Å². The summed E-state index contributed by atoms with van der Waals surface area (Å²) in [6, 6.07) is -0.684. The molecule has 424 valence electrons. The van der Waals surface area contributed by atoms with Gasteiger partial charge in [0.05, 0.1) is 18.8 Å². The molecule has 0 aliphatic carbocycles. The van der Waals surface area contributed by atoms with E-state index in [1.165, 1.54) is 135 Å². The summed E-state index contributed by atoms with van der Waals surface area (Å²) in [6.07, 6.45) is 103. The predicted molar refractivity (Wildman–Crippen MR) is 335 cm³/mol. The number of unbranched alkanes of at least 4 members (excludes halogenated alkanes) is 24. The fourth-order valence-corrected chi connectivity index (χ4v) is 8.53. The van der Waals surface area contributed by atoms with Gasteiger partial charge in [-0.25, -0.2) is 0 Å². The lowest BCUT2D eigenvalue weighted by Gasteiger charge is -2.19. The lowest BCUT2D eigenvalue weighted by molar-refractivity contribution is -0.123. The van der Waals surface area contributed by atoms with Crippen LogP contribution in [0.15, 0.2) is 158 Å². The summed E-state index contributed by atoms with van der Waals surface area (Å²) in [4.78, 5) is 12.5. The second-order valence-electron chi connectivity index (χ2n) is 20.4. The van der Waals surface area contributed by atoms with Crippen molar-refractivity contribution in [1.29, 1.82) is 0 Å². The molecule has 0 aromatic rings. The van der Waals surface area contributed by atoms with E-state index in [0.717, 1.165) is 109 Å². The van der Waals surface area contributed by atoms with E-state index in [1.807, 2.05) is 6.08 Å².